The van der Waals surface area contributed by atoms with E-state index in [9.17, 15) is 0 Å². The fraction of sp³-hybridized carbons (Fsp3) is 0.560. The van der Waals surface area contributed by atoms with E-state index in [1.807, 2.05) is 0 Å². The Kier molecular flexibility index (Phi) is 6.25. The van der Waals surface area contributed by atoms with Gasteiger partial charge >= 0.3 is 0 Å². The number of rotatable bonds is 5. The van der Waals surface area contributed by atoms with Crippen LogP contribution in [0.4, 0.5) is 0 Å². The van der Waals surface area contributed by atoms with Gasteiger partial charge in [-0.1, -0.05) is 83.9 Å². The molecule has 0 N–H and O–H groups in total. The molecule has 0 saturated heterocycles. The molecule has 1 heterocycles. The van der Waals surface area contributed by atoms with Gasteiger partial charge in [-0.25, -0.2) is 0 Å². The zero-order valence-corrected chi connectivity index (χ0v) is 19.2. The molecule has 0 bridgehead atoms. The van der Waals surface area contributed by atoms with E-state index >= 15 is 0 Å². The predicted molar refractivity (Wildman–Crippen MR) is 122 cm³/mol. The fourth-order valence-electron chi connectivity index (χ4n) is 4.35. The van der Waals surface area contributed by atoms with Crippen LogP contribution in [-0.2, 0) is 0 Å². The summed E-state index contributed by atoms with van der Waals surface area (Å²) in [5.41, 5.74) is 5.43. The standard InChI is InChI=1S/C25H37NSi/c1-18(2)19(3)23-16-24(26-17-25(23)27(4,5)6)22-14-12-21(13-15-22)20-10-8-7-9-11-20/h12-20H,7-11H2,1-6H3. The quantitative estimate of drug-likeness (QED) is 0.505. The molecule has 1 saturated carbocycles. The number of nitrogens with zero attached hydrogens (tertiary/aromatic N) is 1. The van der Waals surface area contributed by atoms with Crippen LogP contribution in [0.3, 0.4) is 0 Å². The molecule has 0 aliphatic heterocycles. The first-order chi connectivity index (χ1) is 12.8. The van der Waals surface area contributed by atoms with Gasteiger partial charge in [-0.2, -0.15) is 0 Å². The molecule has 3 rings (SSSR count). The van der Waals surface area contributed by atoms with E-state index in [0.717, 1.165) is 11.6 Å². The Morgan fingerprint density at radius 3 is 2.11 bits per heavy atom. The molecule has 0 radical (unpaired) electrons. The largest absolute Gasteiger partial charge is 0.256 e. The second kappa shape index (κ2) is 8.30. The summed E-state index contributed by atoms with van der Waals surface area (Å²) in [4.78, 5) is 4.89. The molecular weight excluding hydrogens is 342 g/mol. The molecule has 1 nitrogen and oxygen atoms in total. The first kappa shape index (κ1) is 20.3. The summed E-state index contributed by atoms with van der Waals surface area (Å²) in [5, 5.41) is 1.52. The average Bonchev–Trinajstić information content (AvgIpc) is 2.67. The Labute approximate surface area is 167 Å². The molecule has 2 aromatic rings. The number of hydrogen-bond acceptors (Lipinski definition) is 1. The Hall–Kier alpha value is -1.41. The van der Waals surface area contributed by atoms with E-state index in [1.165, 1.54) is 54.0 Å². The lowest BCUT2D eigenvalue weighted by molar-refractivity contribution is 0.443. The third-order valence-corrected chi connectivity index (χ3v) is 8.55. The van der Waals surface area contributed by atoms with Crippen molar-refractivity contribution in [3.05, 3.63) is 47.7 Å². The minimum atomic E-state index is -1.40. The van der Waals surface area contributed by atoms with Gasteiger partial charge < -0.3 is 0 Å². The lowest BCUT2D eigenvalue weighted by Crippen LogP contribution is -2.41. The van der Waals surface area contributed by atoms with E-state index in [1.54, 1.807) is 0 Å². The van der Waals surface area contributed by atoms with Crippen molar-refractivity contribution in [2.75, 3.05) is 0 Å². The molecule has 2 heteroatoms. The van der Waals surface area contributed by atoms with E-state index in [-0.39, 0.29) is 0 Å². The van der Waals surface area contributed by atoms with Crippen molar-refractivity contribution in [3.63, 3.8) is 0 Å². The van der Waals surface area contributed by atoms with Gasteiger partial charge in [-0.3, -0.25) is 4.98 Å². The van der Waals surface area contributed by atoms with E-state index in [0.29, 0.717) is 11.8 Å². The lowest BCUT2D eigenvalue weighted by atomic mass is 9.84. The van der Waals surface area contributed by atoms with Crippen LogP contribution in [-0.4, -0.2) is 13.1 Å². The van der Waals surface area contributed by atoms with Gasteiger partial charge in [0.1, 0.15) is 0 Å². The number of pyridine rings is 1. The summed E-state index contributed by atoms with van der Waals surface area (Å²) in [6.45, 7) is 14.3. The molecule has 1 aromatic carbocycles. The zero-order valence-electron chi connectivity index (χ0n) is 18.2. The highest BCUT2D eigenvalue weighted by molar-refractivity contribution is 6.89. The highest BCUT2D eigenvalue weighted by Gasteiger charge is 2.25. The molecule has 1 fully saturated rings. The Morgan fingerprint density at radius 2 is 1.56 bits per heavy atom. The number of benzene rings is 1. The Morgan fingerprint density at radius 1 is 0.926 bits per heavy atom. The second-order valence-electron chi connectivity index (χ2n) is 9.90. The summed E-state index contributed by atoms with van der Waals surface area (Å²) in [7, 11) is -1.40. The Balaban J connectivity index is 1.93. The van der Waals surface area contributed by atoms with Gasteiger partial charge in [0, 0.05) is 11.8 Å². The molecule has 0 spiro atoms. The van der Waals surface area contributed by atoms with Crippen molar-refractivity contribution in [2.24, 2.45) is 5.92 Å². The van der Waals surface area contributed by atoms with Crippen LogP contribution in [0.2, 0.25) is 19.6 Å². The third-order valence-electron chi connectivity index (χ3n) is 6.52. The summed E-state index contributed by atoms with van der Waals surface area (Å²) >= 11 is 0. The van der Waals surface area contributed by atoms with Gasteiger partial charge in [0.15, 0.2) is 0 Å². The first-order valence-electron chi connectivity index (χ1n) is 10.9. The molecule has 1 aliphatic carbocycles. The normalized spacial score (nSPS) is 17.3. The zero-order chi connectivity index (χ0) is 19.6. The van der Waals surface area contributed by atoms with Crippen molar-refractivity contribution < 1.29 is 0 Å². The summed E-state index contributed by atoms with van der Waals surface area (Å²) in [6, 6.07) is 11.7. The molecule has 1 aliphatic rings. The molecule has 0 amide bonds. The molecule has 1 aromatic heterocycles. The fourth-order valence-corrected chi connectivity index (χ4v) is 5.97. The van der Waals surface area contributed by atoms with Crippen LogP contribution < -0.4 is 5.19 Å². The van der Waals surface area contributed by atoms with Gasteiger partial charge in [0.2, 0.25) is 0 Å². The maximum atomic E-state index is 4.89. The van der Waals surface area contributed by atoms with Crippen LogP contribution in [0.15, 0.2) is 36.5 Å². The molecule has 1 unspecified atom stereocenters. The van der Waals surface area contributed by atoms with E-state index in [4.69, 9.17) is 4.98 Å². The van der Waals surface area contributed by atoms with Crippen molar-refractivity contribution in [3.8, 4) is 11.3 Å². The van der Waals surface area contributed by atoms with Crippen LogP contribution in [0.25, 0.3) is 11.3 Å². The van der Waals surface area contributed by atoms with Crippen LogP contribution in [0, 0.1) is 5.92 Å². The lowest BCUT2D eigenvalue weighted by Gasteiger charge is -2.27. The molecule has 1 atom stereocenters. The van der Waals surface area contributed by atoms with Crippen LogP contribution in [0.5, 0.6) is 0 Å². The summed E-state index contributed by atoms with van der Waals surface area (Å²) in [5.74, 6) is 1.98. The van der Waals surface area contributed by atoms with Gasteiger partial charge in [0.05, 0.1) is 13.8 Å². The van der Waals surface area contributed by atoms with Crippen molar-refractivity contribution in [1.29, 1.82) is 0 Å². The van der Waals surface area contributed by atoms with Crippen LogP contribution >= 0.6 is 0 Å². The second-order valence-corrected chi connectivity index (χ2v) is 14.9. The van der Waals surface area contributed by atoms with Crippen molar-refractivity contribution in [1.82, 2.24) is 4.98 Å². The molecule has 27 heavy (non-hydrogen) atoms. The van der Waals surface area contributed by atoms with E-state index in [2.05, 4.69) is 76.9 Å². The summed E-state index contributed by atoms with van der Waals surface area (Å²) < 4.78 is 0. The summed E-state index contributed by atoms with van der Waals surface area (Å²) in [6.07, 6.45) is 9.10. The smallest absolute Gasteiger partial charge is 0.0799 e. The topological polar surface area (TPSA) is 12.9 Å². The predicted octanol–water partition coefficient (Wildman–Crippen LogP) is 7.10. The monoisotopic (exact) mass is 379 g/mol. The minimum Gasteiger partial charge on any atom is -0.256 e. The Bertz CT molecular complexity index is 749. The maximum Gasteiger partial charge on any atom is 0.0799 e. The SMILES string of the molecule is CC(C)C(C)c1cc(-c2ccc(C3CCCCC3)cc2)ncc1[Si](C)(C)C. The minimum absolute atomic E-state index is 0.565. The average molecular weight is 380 g/mol. The van der Waals surface area contributed by atoms with Crippen LogP contribution in [0.1, 0.15) is 75.8 Å². The first-order valence-corrected chi connectivity index (χ1v) is 14.4. The van der Waals surface area contributed by atoms with Gasteiger partial charge in [-0.05, 0) is 53.0 Å². The number of aromatic nitrogens is 1. The third kappa shape index (κ3) is 4.71. The van der Waals surface area contributed by atoms with Crippen molar-refractivity contribution >= 4 is 13.3 Å². The van der Waals surface area contributed by atoms with E-state index < -0.39 is 8.07 Å². The highest BCUT2D eigenvalue weighted by atomic mass is 28.3. The molecular formula is C25H37NSi. The highest BCUT2D eigenvalue weighted by Crippen LogP contribution is 2.34. The van der Waals surface area contributed by atoms with Gasteiger partial charge in [-0.15, -0.1) is 0 Å². The van der Waals surface area contributed by atoms with Crippen molar-refractivity contribution in [2.45, 2.75) is 84.4 Å². The van der Waals surface area contributed by atoms with Gasteiger partial charge in [0.25, 0.3) is 0 Å². The number of hydrogen-bond donors (Lipinski definition) is 0. The molecule has 146 valence electrons. The maximum absolute atomic E-state index is 4.89.